The van der Waals surface area contributed by atoms with Crippen LogP contribution in [0.1, 0.15) is 34.1 Å². The zero-order chi connectivity index (χ0) is 8.85. The monoisotopic (exact) mass is 174 g/mol. The molecule has 0 amide bonds. The third kappa shape index (κ3) is 5.31. The molecule has 0 heterocycles. The molecule has 1 nitrogen and oxygen atoms in total. The number of thioether (sulfide) groups is 1. The SMILES string of the molecule is CCC(=O)CSC(C)C(C)C. The van der Waals surface area contributed by atoms with Gasteiger partial charge in [-0.05, 0) is 5.92 Å². The summed E-state index contributed by atoms with van der Waals surface area (Å²) < 4.78 is 0. The fourth-order valence-corrected chi connectivity index (χ4v) is 1.56. The Hall–Kier alpha value is 0.0200. The van der Waals surface area contributed by atoms with Crippen LogP contribution in [0.5, 0.6) is 0 Å². The van der Waals surface area contributed by atoms with Crippen LogP contribution in [0.3, 0.4) is 0 Å². The quantitative estimate of drug-likeness (QED) is 0.637. The van der Waals surface area contributed by atoms with Crippen molar-refractivity contribution in [1.29, 1.82) is 0 Å². The molecular weight excluding hydrogens is 156 g/mol. The fourth-order valence-electron chi connectivity index (χ4n) is 0.519. The molecule has 0 spiro atoms. The number of Topliss-reactive ketones (excluding diaryl/α,β-unsaturated/α-hetero) is 1. The zero-order valence-electron chi connectivity index (χ0n) is 7.89. The number of carbonyl (C=O) groups is 1. The molecule has 0 saturated heterocycles. The highest BCUT2D eigenvalue weighted by Gasteiger charge is 2.08. The maximum atomic E-state index is 10.9. The number of carbonyl (C=O) groups excluding carboxylic acids is 1. The number of hydrogen-bond donors (Lipinski definition) is 0. The maximum Gasteiger partial charge on any atom is 0.142 e. The summed E-state index contributed by atoms with van der Waals surface area (Å²) in [5.74, 6) is 1.72. The Morgan fingerprint density at radius 2 is 1.91 bits per heavy atom. The molecule has 11 heavy (non-hydrogen) atoms. The van der Waals surface area contributed by atoms with E-state index in [0.717, 1.165) is 0 Å². The average molecular weight is 174 g/mol. The lowest BCUT2D eigenvalue weighted by molar-refractivity contribution is -0.116. The third-order valence-electron chi connectivity index (χ3n) is 1.84. The first-order valence-corrected chi connectivity index (χ1v) is 5.26. The van der Waals surface area contributed by atoms with Crippen LogP contribution in [-0.2, 0) is 4.79 Å². The third-order valence-corrected chi connectivity index (χ3v) is 3.40. The molecule has 0 aliphatic rings. The van der Waals surface area contributed by atoms with Gasteiger partial charge in [-0.2, -0.15) is 11.8 Å². The standard InChI is InChI=1S/C9H18OS/c1-5-9(10)6-11-8(4)7(2)3/h7-8H,5-6H2,1-4H3. The van der Waals surface area contributed by atoms with Crippen molar-refractivity contribution in [2.75, 3.05) is 5.75 Å². The van der Waals surface area contributed by atoms with Crippen molar-refractivity contribution < 1.29 is 4.79 Å². The molecule has 0 fully saturated rings. The molecule has 0 N–H and O–H groups in total. The Labute approximate surface area is 73.9 Å². The first kappa shape index (κ1) is 11.0. The Morgan fingerprint density at radius 1 is 1.36 bits per heavy atom. The van der Waals surface area contributed by atoms with Gasteiger partial charge in [-0.15, -0.1) is 0 Å². The summed E-state index contributed by atoms with van der Waals surface area (Å²) in [6.07, 6.45) is 0.678. The molecule has 1 unspecified atom stereocenters. The first-order chi connectivity index (χ1) is 5.07. The van der Waals surface area contributed by atoms with Crippen molar-refractivity contribution in [3.8, 4) is 0 Å². The normalized spacial score (nSPS) is 13.5. The van der Waals surface area contributed by atoms with E-state index in [4.69, 9.17) is 0 Å². The summed E-state index contributed by atoms with van der Waals surface area (Å²) >= 11 is 1.77. The molecule has 0 radical (unpaired) electrons. The van der Waals surface area contributed by atoms with Crippen LogP contribution >= 0.6 is 11.8 Å². The van der Waals surface area contributed by atoms with Gasteiger partial charge in [0.25, 0.3) is 0 Å². The van der Waals surface area contributed by atoms with Crippen LogP contribution in [-0.4, -0.2) is 16.8 Å². The minimum atomic E-state index is 0.363. The summed E-state index contributed by atoms with van der Waals surface area (Å²) in [5.41, 5.74) is 0. The molecule has 0 bridgehead atoms. The highest BCUT2D eigenvalue weighted by atomic mass is 32.2. The topological polar surface area (TPSA) is 17.1 Å². The van der Waals surface area contributed by atoms with E-state index >= 15 is 0 Å². The second-order valence-electron chi connectivity index (χ2n) is 3.15. The van der Waals surface area contributed by atoms with Gasteiger partial charge in [0, 0.05) is 11.7 Å². The van der Waals surface area contributed by atoms with E-state index < -0.39 is 0 Å². The molecule has 0 aromatic heterocycles. The van der Waals surface area contributed by atoms with Gasteiger partial charge in [0.1, 0.15) is 5.78 Å². The molecule has 0 aromatic rings. The second kappa shape index (κ2) is 5.64. The average Bonchev–Trinajstić information content (AvgIpc) is 1.99. The Kier molecular flexibility index (Phi) is 5.65. The molecule has 1 atom stereocenters. The van der Waals surface area contributed by atoms with Crippen molar-refractivity contribution in [2.45, 2.75) is 39.4 Å². The smallest absolute Gasteiger partial charge is 0.142 e. The first-order valence-electron chi connectivity index (χ1n) is 4.21. The molecular formula is C9H18OS. The summed E-state index contributed by atoms with van der Waals surface area (Å²) in [6.45, 7) is 8.48. The lowest BCUT2D eigenvalue weighted by atomic mass is 10.2. The maximum absolute atomic E-state index is 10.9. The highest BCUT2D eigenvalue weighted by molar-refractivity contribution is 8.00. The van der Waals surface area contributed by atoms with Crippen molar-refractivity contribution in [3.05, 3.63) is 0 Å². The van der Waals surface area contributed by atoms with E-state index in [1.807, 2.05) is 6.92 Å². The van der Waals surface area contributed by atoms with Gasteiger partial charge in [0.05, 0.1) is 5.75 Å². The molecule has 0 aliphatic carbocycles. The Bertz CT molecular complexity index is 121. The minimum Gasteiger partial charge on any atom is -0.299 e. The lowest BCUT2D eigenvalue weighted by Crippen LogP contribution is -2.10. The molecule has 66 valence electrons. The van der Waals surface area contributed by atoms with E-state index in [0.29, 0.717) is 29.1 Å². The lowest BCUT2D eigenvalue weighted by Gasteiger charge is -2.13. The van der Waals surface area contributed by atoms with Crippen molar-refractivity contribution in [1.82, 2.24) is 0 Å². The van der Waals surface area contributed by atoms with E-state index in [-0.39, 0.29) is 0 Å². The predicted octanol–water partition coefficient (Wildman–Crippen LogP) is 2.74. The van der Waals surface area contributed by atoms with Crippen LogP contribution in [0.2, 0.25) is 0 Å². The zero-order valence-corrected chi connectivity index (χ0v) is 8.70. The molecule has 0 rings (SSSR count). The summed E-state index contributed by atoms with van der Waals surface area (Å²) in [6, 6.07) is 0. The molecule has 2 heteroatoms. The van der Waals surface area contributed by atoms with Gasteiger partial charge in [0.15, 0.2) is 0 Å². The van der Waals surface area contributed by atoms with E-state index in [1.54, 1.807) is 11.8 Å². The number of ketones is 1. The number of rotatable bonds is 5. The van der Waals surface area contributed by atoms with Crippen molar-refractivity contribution in [3.63, 3.8) is 0 Å². The number of hydrogen-bond acceptors (Lipinski definition) is 2. The van der Waals surface area contributed by atoms with Crippen molar-refractivity contribution >= 4 is 17.5 Å². The highest BCUT2D eigenvalue weighted by Crippen LogP contribution is 2.18. The Morgan fingerprint density at radius 3 is 2.27 bits per heavy atom. The van der Waals surface area contributed by atoms with E-state index in [9.17, 15) is 4.79 Å². The summed E-state index contributed by atoms with van der Waals surface area (Å²) in [4.78, 5) is 10.9. The van der Waals surface area contributed by atoms with Gasteiger partial charge in [-0.1, -0.05) is 27.7 Å². The van der Waals surface area contributed by atoms with E-state index in [1.165, 1.54) is 0 Å². The van der Waals surface area contributed by atoms with Crippen LogP contribution in [0.15, 0.2) is 0 Å². The second-order valence-corrected chi connectivity index (χ2v) is 4.52. The Balaban J connectivity index is 3.45. The van der Waals surface area contributed by atoms with Crippen LogP contribution in [0, 0.1) is 5.92 Å². The summed E-state index contributed by atoms with van der Waals surface area (Å²) in [7, 11) is 0. The van der Waals surface area contributed by atoms with Gasteiger partial charge < -0.3 is 0 Å². The summed E-state index contributed by atoms with van der Waals surface area (Å²) in [5, 5.41) is 0.602. The fraction of sp³-hybridized carbons (Fsp3) is 0.889. The van der Waals surface area contributed by atoms with Gasteiger partial charge >= 0.3 is 0 Å². The van der Waals surface area contributed by atoms with Gasteiger partial charge in [-0.3, -0.25) is 4.79 Å². The largest absolute Gasteiger partial charge is 0.299 e. The van der Waals surface area contributed by atoms with Gasteiger partial charge in [-0.25, -0.2) is 0 Å². The van der Waals surface area contributed by atoms with Crippen LogP contribution in [0.4, 0.5) is 0 Å². The van der Waals surface area contributed by atoms with Crippen LogP contribution in [0.25, 0.3) is 0 Å². The van der Waals surface area contributed by atoms with Gasteiger partial charge in [0.2, 0.25) is 0 Å². The van der Waals surface area contributed by atoms with Crippen LogP contribution < -0.4 is 0 Å². The molecule has 0 aromatic carbocycles. The van der Waals surface area contributed by atoms with Crippen molar-refractivity contribution in [2.24, 2.45) is 5.92 Å². The van der Waals surface area contributed by atoms with E-state index in [2.05, 4.69) is 20.8 Å². The molecule has 0 aliphatic heterocycles. The predicted molar refractivity (Wildman–Crippen MR) is 52.1 cm³/mol. The minimum absolute atomic E-state index is 0.363. The molecule has 0 saturated carbocycles.